The van der Waals surface area contributed by atoms with E-state index in [2.05, 4.69) is 0 Å². The third-order valence-corrected chi connectivity index (χ3v) is 5.63. The number of carboxylic acids is 1. The van der Waals surface area contributed by atoms with Crippen molar-refractivity contribution < 1.29 is 29.0 Å². The van der Waals surface area contributed by atoms with Crippen LogP contribution in [0, 0.1) is 0 Å². The summed E-state index contributed by atoms with van der Waals surface area (Å²) in [5.74, 6) is -1.37. The second-order valence-corrected chi connectivity index (χ2v) is 7.92. The zero-order chi connectivity index (χ0) is 25.4. The molecule has 8 nitrogen and oxygen atoms in total. The van der Waals surface area contributed by atoms with Crippen LogP contribution in [0.4, 0.5) is 0 Å². The lowest BCUT2D eigenvalue weighted by atomic mass is 10.0. The number of nitrogens with two attached hydrogens (primary N) is 1. The number of aliphatic carboxylic acids is 1. The molecule has 3 rings (SSSR count). The second kappa shape index (κ2) is 11.7. The first kappa shape index (κ1) is 25.3. The lowest BCUT2D eigenvalue weighted by molar-refractivity contribution is -0.143. The molecule has 0 spiro atoms. The van der Waals surface area contributed by atoms with Crippen molar-refractivity contribution in [1.82, 2.24) is 4.90 Å². The largest absolute Gasteiger partial charge is 0.493 e. The van der Waals surface area contributed by atoms with Crippen LogP contribution >= 0.6 is 0 Å². The molecule has 0 unspecified atom stereocenters. The smallest absolute Gasteiger partial charge is 0.326 e. The summed E-state index contributed by atoms with van der Waals surface area (Å²) in [6, 6.07) is 20.5. The quantitative estimate of drug-likeness (QED) is 0.435. The van der Waals surface area contributed by atoms with Crippen LogP contribution in [0.5, 0.6) is 11.5 Å². The average Bonchev–Trinajstić information content (AvgIpc) is 2.87. The maximum absolute atomic E-state index is 13.6. The monoisotopic (exact) mass is 476 g/mol. The maximum atomic E-state index is 13.6. The fraction of sp³-hybridized carbons (Fsp3) is 0.222. The zero-order valence-corrected chi connectivity index (χ0v) is 19.6. The lowest BCUT2D eigenvalue weighted by Gasteiger charge is -2.29. The van der Waals surface area contributed by atoms with Gasteiger partial charge in [0.05, 0.1) is 14.2 Å². The van der Waals surface area contributed by atoms with Crippen LogP contribution in [0.1, 0.15) is 28.8 Å². The number of benzene rings is 3. The molecule has 3 N–H and O–H groups in total. The molecule has 35 heavy (non-hydrogen) atoms. The summed E-state index contributed by atoms with van der Waals surface area (Å²) in [6.07, 6.45) is -0.272. The van der Waals surface area contributed by atoms with Crippen molar-refractivity contribution in [1.29, 1.82) is 0 Å². The molecule has 3 aromatic rings. The summed E-state index contributed by atoms with van der Waals surface area (Å²) in [5, 5.41) is 9.92. The molecule has 0 bridgehead atoms. The van der Waals surface area contributed by atoms with Crippen molar-refractivity contribution in [3.63, 3.8) is 0 Å². The first-order valence-corrected chi connectivity index (χ1v) is 11.0. The average molecular weight is 477 g/mol. The van der Waals surface area contributed by atoms with Gasteiger partial charge in [-0.05, 0) is 47.4 Å². The van der Waals surface area contributed by atoms with Crippen molar-refractivity contribution in [2.24, 2.45) is 5.73 Å². The lowest BCUT2D eigenvalue weighted by Crippen LogP contribution is -2.45. The molecular weight excluding hydrogens is 448 g/mol. The van der Waals surface area contributed by atoms with E-state index in [4.69, 9.17) is 15.2 Å². The summed E-state index contributed by atoms with van der Waals surface area (Å²) < 4.78 is 10.6. The molecule has 0 aliphatic rings. The minimum Gasteiger partial charge on any atom is -0.493 e. The molecule has 8 heteroatoms. The predicted molar refractivity (Wildman–Crippen MR) is 131 cm³/mol. The molecule has 182 valence electrons. The van der Waals surface area contributed by atoms with Gasteiger partial charge in [-0.15, -0.1) is 0 Å². The molecular formula is C27H28N2O6. The van der Waals surface area contributed by atoms with E-state index < -0.39 is 23.8 Å². The summed E-state index contributed by atoms with van der Waals surface area (Å²) in [6.45, 7) is -0.0185. The van der Waals surface area contributed by atoms with E-state index in [1.807, 2.05) is 42.5 Å². The van der Waals surface area contributed by atoms with E-state index in [9.17, 15) is 19.5 Å². The highest BCUT2D eigenvalue weighted by molar-refractivity contribution is 5.97. The van der Waals surface area contributed by atoms with Crippen LogP contribution in [0.25, 0.3) is 11.1 Å². The van der Waals surface area contributed by atoms with E-state index in [1.165, 1.54) is 19.1 Å². The van der Waals surface area contributed by atoms with Gasteiger partial charge >= 0.3 is 5.97 Å². The van der Waals surface area contributed by atoms with Crippen molar-refractivity contribution in [3.05, 3.63) is 83.9 Å². The molecule has 0 aliphatic heterocycles. The van der Waals surface area contributed by atoms with Crippen molar-refractivity contribution >= 4 is 17.8 Å². The standard InChI is InChI=1S/C27H28N2O6/c1-34-23-14-8-18(16-24(23)35-2)17-29(22(27(32)33)13-15-25(28)30)26(31)21-11-9-20(10-12-21)19-6-4-3-5-7-19/h3-12,14,16,22H,13,15,17H2,1-2H3,(H2,28,30)(H,32,33)/t22-/m0/s1. The number of carboxylic acid groups (broad SMARTS) is 1. The molecule has 0 saturated carbocycles. The Morgan fingerprint density at radius 2 is 1.51 bits per heavy atom. The Morgan fingerprint density at radius 1 is 0.886 bits per heavy atom. The number of hydrogen-bond acceptors (Lipinski definition) is 5. The number of carbonyl (C=O) groups is 3. The van der Waals surface area contributed by atoms with Gasteiger partial charge in [0.15, 0.2) is 11.5 Å². The van der Waals surface area contributed by atoms with Gasteiger partial charge in [0.25, 0.3) is 5.91 Å². The topological polar surface area (TPSA) is 119 Å². The third-order valence-electron chi connectivity index (χ3n) is 5.63. The van der Waals surface area contributed by atoms with Gasteiger partial charge in [-0.1, -0.05) is 48.5 Å². The van der Waals surface area contributed by atoms with Crippen LogP contribution < -0.4 is 15.2 Å². The van der Waals surface area contributed by atoms with E-state index >= 15 is 0 Å². The van der Waals surface area contributed by atoms with E-state index in [0.717, 1.165) is 11.1 Å². The van der Waals surface area contributed by atoms with Crippen LogP contribution in [-0.4, -0.2) is 48.1 Å². The number of hydrogen-bond donors (Lipinski definition) is 2. The number of amides is 2. The van der Waals surface area contributed by atoms with Crippen LogP contribution in [0.15, 0.2) is 72.8 Å². The van der Waals surface area contributed by atoms with Gasteiger partial charge in [0, 0.05) is 18.5 Å². The number of ether oxygens (including phenoxy) is 2. The Balaban J connectivity index is 1.95. The summed E-state index contributed by atoms with van der Waals surface area (Å²) >= 11 is 0. The fourth-order valence-electron chi connectivity index (χ4n) is 3.79. The Kier molecular flexibility index (Phi) is 8.45. The van der Waals surface area contributed by atoms with Gasteiger partial charge in [-0.2, -0.15) is 0 Å². The first-order valence-electron chi connectivity index (χ1n) is 11.0. The van der Waals surface area contributed by atoms with Crippen molar-refractivity contribution in [3.8, 4) is 22.6 Å². The number of methoxy groups -OCH3 is 2. The van der Waals surface area contributed by atoms with Crippen LogP contribution in [-0.2, 0) is 16.1 Å². The minimum absolute atomic E-state index is 0.0185. The molecule has 3 aromatic carbocycles. The fourth-order valence-corrected chi connectivity index (χ4v) is 3.79. The number of rotatable bonds is 11. The molecule has 0 aliphatic carbocycles. The highest BCUT2D eigenvalue weighted by Gasteiger charge is 2.31. The number of primary amides is 1. The Bertz CT molecular complexity index is 1180. The molecule has 0 fully saturated rings. The maximum Gasteiger partial charge on any atom is 0.326 e. The predicted octanol–water partition coefficient (Wildman–Crippen LogP) is 3.73. The van der Waals surface area contributed by atoms with E-state index in [-0.39, 0.29) is 19.4 Å². The minimum atomic E-state index is -1.25. The summed E-state index contributed by atoms with van der Waals surface area (Å²) in [4.78, 5) is 38.3. The Morgan fingerprint density at radius 3 is 2.09 bits per heavy atom. The number of carbonyl (C=O) groups excluding carboxylic acids is 2. The normalized spacial score (nSPS) is 11.4. The highest BCUT2D eigenvalue weighted by Crippen LogP contribution is 2.29. The van der Waals surface area contributed by atoms with Gasteiger partial charge in [0.1, 0.15) is 6.04 Å². The molecule has 0 radical (unpaired) electrons. The summed E-state index contributed by atoms with van der Waals surface area (Å²) in [7, 11) is 3.00. The van der Waals surface area contributed by atoms with Gasteiger partial charge < -0.3 is 25.2 Å². The van der Waals surface area contributed by atoms with Gasteiger partial charge in [0.2, 0.25) is 5.91 Å². The zero-order valence-electron chi connectivity index (χ0n) is 19.6. The molecule has 1 atom stereocenters. The number of nitrogens with zero attached hydrogens (tertiary/aromatic N) is 1. The SMILES string of the molecule is COc1ccc(CN(C(=O)c2ccc(-c3ccccc3)cc2)[C@@H](CCC(N)=O)C(=O)O)cc1OC. The second-order valence-electron chi connectivity index (χ2n) is 7.92. The van der Waals surface area contributed by atoms with Crippen LogP contribution in [0.3, 0.4) is 0 Å². The third kappa shape index (κ3) is 6.38. The molecule has 0 aromatic heterocycles. The Labute approximate surface area is 203 Å². The molecule has 2 amide bonds. The Hall–Kier alpha value is -4.33. The van der Waals surface area contributed by atoms with Crippen molar-refractivity contribution in [2.45, 2.75) is 25.4 Å². The first-order chi connectivity index (χ1) is 16.8. The van der Waals surface area contributed by atoms with E-state index in [1.54, 1.807) is 30.3 Å². The highest BCUT2D eigenvalue weighted by atomic mass is 16.5. The van der Waals surface area contributed by atoms with Gasteiger partial charge in [-0.3, -0.25) is 9.59 Å². The van der Waals surface area contributed by atoms with Gasteiger partial charge in [-0.25, -0.2) is 4.79 Å². The van der Waals surface area contributed by atoms with Crippen molar-refractivity contribution in [2.75, 3.05) is 14.2 Å². The van der Waals surface area contributed by atoms with Crippen LogP contribution in [0.2, 0.25) is 0 Å². The summed E-state index contributed by atoms with van der Waals surface area (Å²) in [5.41, 5.74) is 8.15. The molecule has 0 heterocycles. The molecule has 0 saturated heterocycles. The van der Waals surface area contributed by atoms with E-state index in [0.29, 0.717) is 22.6 Å².